The number of hydrogen-bond acceptors (Lipinski definition) is 5. The van der Waals surface area contributed by atoms with Crippen molar-refractivity contribution in [3.63, 3.8) is 0 Å². The summed E-state index contributed by atoms with van der Waals surface area (Å²) in [7, 11) is 0. The van der Waals surface area contributed by atoms with E-state index in [0.29, 0.717) is 24.8 Å². The fraction of sp³-hybridized carbons (Fsp3) is 0.533. The Labute approximate surface area is 118 Å². The Bertz CT molecular complexity index is 456. The Morgan fingerprint density at radius 2 is 1.75 bits per heavy atom. The maximum absolute atomic E-state index is 11.7. The number of benzene rings is 1. The molecule has 0 atom stereocenters. The van der Waals surface area contributed by atoms with Crippen LogP contribution in [-0.4, -0.2) is 27.9 Å². The monoisotopic (exact) mass is 282 g/mol. The SMILES string of the molecule is CCC(C)(C)C(=O)OCCCc1cc(O)c(O)c(O)c1. The van der Waals surface area contributed by atoms with Crippen LogP contribution in [0.25, 0.3) is 0 Å². The summed E-state index contributed by atoms with van der Waals surface area (Å²) in [6.45, 7) is 5.89. The van der Waals surface area contributed by atoms with Crippen LogP contribution in [0.1, 0.15) is 39.2 Å². The third-order valence-electron chi connectivity index (χ3n) is 3.41. The minimum atomic E-state index is -0.523. The first-order chi connectivity index (χ1) is 9.27. The number of hydrogen-bond donors (Lipinski definition) is 3. The van der Waals surface area contributed by atoms with Gasteiger partial charge in [-0.3, -0.25) is 4.79 Å². The average Bonchev–Trinajstić information content (AvgIpc) is 2.40. The first-order valence-electron chi connectivity index (χ1n) is 6.69. The molecule has 112 valence electrons. The molecule has 0 heterocycles. The van der Waals surface area contributed by atoms with Gasteiger partial charge in [0, 0.05) is 0 Å². The van der Waals surface area contributed by atoms with Gasteiger partial charge >= 0.3 is 5.97 Å². The molecular formula is C15H22O5. The van der Waals surface area contributed by atoms with Gasteiger partial charge in [0.25, 0.3) is 0 Å². The lowest BCUT2D eigenvalue weighted by molar-refractivity contribution is -0.154. The molecule has 5 heteroatoms. The van der Waals surface area contributed by atoms with Crippen LogP contribution in [0.3, 0.4) is 0 Å². The Morgan fingerprint density at radius 1 is 1.20 bits per heavy atom. The molecule has 0 saturated heterocycles. The van der Waals surface area contributed by atoms with Crippen molar-refractivity contribution in [3.05, 3.63) is 17.7 Å². The predicted octanol–water partition coefficient (Wildman–Crippen LogP) is 2.72. The van der Waals surface area contributed by atoms with Crippen LogP contribution in [0, 0.1) is 5.41 Å². The highest BCUT2D eigenvalue weighted by Crippen LogP contribution is 2.35. The van der Waals surface area contributed by atoms with Gasteiger partial charge in [-0.05, 0) is 50.8 Å². The summed E-state index contributed by atoms with van der Waals surface area (Å²) in [4.78, 5) is 11.7. The molecule has 3 N–H and O–H groups in total. The summed E-state index contributed by atoms with van der Waals surface area (Å²) < 4.78 is 5.19. The van der Waals surface area contributed by atoms with E-state index < -0.39 is 11.2 Å². The molecule has 5 nitrogen and oxygen atoms in total. The topological polar surface area (TPSA) is 87.0 Å². The number of phenolic OH excluding ortho intramolecular Hbond substituents is 3. The fourth-order valence-electron chi connectivity index (χ4n) is 1.59. The first-order valence-corrected chi connectivity index (χ1v) is 6.69. The van der Waals surface area contributed by atoms with E-state index in [2.05, 4.69) is 0 Å². The van der Waals surface area contributed by atoms with Gasteiger partial charge in [0.15, 0.2) is 17.2 Å². The second-order valence-electron chi connectivity index (χ2n) is 5.46. The zero-order chi connectivity index (χ0) is 15.3. The Kier molecular flexibility index (Phi) is 5.25. The van der Waals surface area contributed by atoms with Crippen LogP contribution >= 0.6 is 0 Å². The molecule has 0 aliphatic rings. The van der Waals surface area contributed by atoms with Crippen molar-refractivity contribution < 1.29 is 24.9 Å². The quantitative estimate of drug-likeness (QED) is 0.424. The molecule has 0 aliphatic carbocycles. The second-order valence-corrected chi connectivity index (χ2v) is 5.46. The molecule has 0 amide bonds. The van der Waals surface area contributed by atoms with Gasteiger partial charge in [-0.2, -0.15) is 0 Å². The van der Waals surface area contributed by atoms with Gasteiger partial charge in [-0.1, -0.05) is 6.92 Å². The summed E-state index contributed by atoms with van der Waals surface area (Å²) in [6, 6.07) is 2.76. The van der Waals surface area contributed by atoms with Crippen LogP contribution in [0.5, 0.6) is 17.2 Å². The second kappa shape index (κ2) is 6.50. The lowest BCUT2D eigenvalue weighted by Gasteiger charge is -2.20. The number of aryl methyl sites for hydroxylation is 1. The van der Waals surface area contributed by atoms with Gasteiger partial charge in [0.2, 0.25) is 0 Å². The zero-order valence-electron chi connectivity index (χ0n) is 12.1. The Hall–Kier alpha value is -1.91. The number of carbonyl (C=O) groups is 1. The molecule has 1 aromatic rings. The van der Waals surface area contributed by atoms with Crippen molar-refractivity contribution in [1.29, 1.82) is 0 Å². The molecule has 20 heavy (non-hydrogen) atoms. The molecule has 0 unspecified atom stereocenters. The molecule has 1 aromatic carbocycles. The van der Waals surface area contributed by atoms with Crippen molar-refractivity contribution in [2.45, 2.75) is 40.0 Å². The molecule has 0 aliphatic heterocycles. The van der Waals surface area contributed by atoms with E-state index in [1.54, 1.807) is 0 Å². The van der Waals surface area contributed by atoms with E-state index in [9.17, 15) is 20.1 Å². The lowest BCUT2D eigenvalue weighted by Crippen LogP contribution is -2.26. The fourth-order valence-corrected chi connectivity index (χ4v) is 1.59. The molecule has 0 aromatic heterocycles. The van der Waals surface area contributed by atoms with Crippen molar-refractivity contribution in [1.82, 2.24) is 0 Å². The van der Waals surface area contributed by atoms with Crippen LogP contribution in [-0.2, 0) is 16.0 Å². The van der Waals surface area contributed by atoms with Gasteiger partial charge in [-0.15, -0.1) is 0 Å². The van der Waals surface area contributed by atoms with Gasteiger partial charge < -0.3 is 20.1 Å². The summed E-state index contributed by atoms with van der Waals surface area (Å²) in [6.07, 6.45) is 1.82. The van der Waals surface area contributed by atoms with Gasteiger partial charge in [0.05, 0.1) is 12.0 Å². The Morgan fingerprint density at radius 3 is 2.25 bits per heavy atom. The van der Waals surface area contributed by atoms with E-state index in [4.69, 9.17) is 4.74 Å². The zero-order valence-corrected chi connectivity index (χ0v) is 12.1. The normalized spacial score (nSPS) is 11.3. The number of aromatic hydroxyl groups is 3. The molecule has 0 saturated carbocycles. The van der Waals surface area contributed by atoms with Gasteiger partial charge in [0.1, 0.15) is 0 Å². The maximum atomic E-state index is 11.7. The highest BCUT2D eigenvalue weighted by atomic mass is 16.5. The highest BCUT2D eigenvalue weighted by Gasteiger charge is 2.26. The summed E-state index contributed by atoms with van der Waals surface area (Å²) >= 11 is 0. The molecule has 0 radical (unpaired) electrons. The molecular weight excluding hydrogens is 260 g/mol. The smallest absolute Gasteiger partial charge is 0.311 e. The van der Waals surface area contributed by atoms with E-state index >= 15 is 0 Å². The van der Waals surface area contributed by atoms with E-state index in [1.165, 1.54) is 12.1 Å². The number of phenols is 3. The molecule has 0 bridgehead atoms. The number of rotatable bonds is 6. The predicted molar refractivity (Wildman–Crippen MR) is 74.8 cm³/mol. The average molecular weight is 282 g/mol. The summed E-state index contributed by atoms with van der Waals surface area (Å²) in [5.41, 5.74) is 0.193. The third-order valence-corrected chi connectivity index (χ3v) is 3.41. The van der Waals surface area contributed by atoms with Crippen molar-refractivity contribution in [2.75, 3.05) is 6.61 Å². The van der Waals surface area contributed by atoms with Crippen LogP contribution < -0.4 is 0 Å². The number of esters is 1. The largest absolute Gasteiger partial charge is 0.504 e. The molecule has 0 fully saturated rings. The Balaban J connectivity index is 2.44. The van der Waals surface area contributed by atoms with E-state index in [1.807, 2.05) is 20.8 Å². The summed E-state index contributed by atoms with van der Waals surface area (Å²) in [5, 5.41) is 28.0. The molecule has 0 spiro atoms. The lowest BCUT2D eigenvalue weighted by atomic mass is 9.91. The van der Waals surface area contributed by atoms with Crippen molar-refractivity contribution >= 4 is 5.97 Å². The minimum absolute atomic E-state index is 0.226. The van der Waals surface area contributed by atoms with E-state index in [-0.39, 0.29) is 24.1 Å². The summed E-state index contributed by atoms with van der Waals surface area (Å²) in [5.74, 6) is -1.46. The van der Waals surface area contributed by atoms with Gasteiger partial charge in [-0.25, -0.2) is 0 Å². The highest BCUT2D eigenvalue weighted by molar-refractivity contribution is 5.75. The maximum Gasteiger partial charge on any atom is 0.311 e. The van der Waals surface area contributed by atoms with Crippen molar-refractivity contribution in [3.8, 4) is 17.2 Å². The van der Waals surface area contributed by atoms with Crippen molar-refractivity contribution in [2.24, 2.45) is 5.41 Å². The third kappa shape index (κ3) is 4.05. The number of carbonyl (C=O) groups excluding carboxylic acids is 1. The van der Waals surface area contributed by atoms with E-state index in [0.717, 1.165) is 0 Å². The molecule has 1 rings (SSSR count). The minimum Gasteiger partial charge on any atom is -0.504 e. The first kappa shape index (κ1) is 16.1. The number of ether oxygens (including phenoxy) is 1. The van der Waals surface area contributed by atoms with Crippen LogP contribution in [0.4, 0.5) is 0 Å². The van der Waals surface area contributed by atoms with Crippen LogP contribution in [0.15, 0.2) is 12.1 Å². The standard InChI is InChI=1S/C15H22O5/c1-4-15(2,3)14(19)20-7-5-6-10-8-11(16)13(18)12(17)9-10/h8-9,16-18H,4-7H2,1-3H3. The van der Waals surface area contributed by atoms with Crippen LogP contribution in [0.2, 0.25) is 0 Å².